The summed E-state index contributed by atoms with van der Waals surface area (Å²) in [7, 11) is 0. The predicted molar refractivity (Wildman–Crippen MR) is 61.3 cm³/mol. The second-order valence-electron chi connectivity index (χ2n) is 2.48. The first kappa shape index (κ1) is 10.0. The molecule has 1 rings (SSSR count). The highest BCUT2D eigenvalue weighted by molar-refractivity contribution is 9.11. The molecule has 0 bridgehead atoms. The van der Waals surface area contributed by atoms with Crippen LogP contribution in [0.15, 0.2) is 27.7 Å². The molecule has 1 aromatic carbocycles. The molecule has 0 saturated heterocycles. The minimum Gasteiger partial charge on any atom is -0.0984 e. The first-order valence-electron chi connectivity index (χ1n) is 3.80. The fourth-order valence-corrected chi connectivity index (χ4v) is 2.35. The second kappa shape index (κ2) is 4.24. The van der Waals surface area contributed by atoms with Gasteiger partial charge in [0.25, 0.3) is 0 Å². The second-order valence-corrected chi connectivity index (χ2v) is 4.19. The molecule has 12 heavy (non-hydrogen) atoms. The van der Waals surface area contributed by atoms with Crippen LogP contribution in [-0.4, -0.2) is 0 Å². The number of rotatable bonds is 2. The standard InChI is InChI=1S/C10H10Br2/c1-3-7-8(4-2)10(12)6-5-9(7)11/h3,5-6H,1,4H2,2H3. The van der Waals surface area contributed by atoms with Crippen LogP contribution in [0.2, 0.25) is 0 Å². The van der Waals surface area contributed by atoms with Gasteiger partial charge < -0.3 is 0 Å². The predicted octanol–water partition coefficient (Wildman–Crippen LogP) is 4.42. The van der Waals surface area contributed by atoms with Crippen molar-refractivity contribution in [1.29, 1.82) is 0 Å². The van der Waals surface area contributed by atoms with Gasteiger partial charge in [0.05, 0.1) is 0 Å². The van der Waals surface area contributed by atoms with E-state index in [2.05, 4.69) is 51.4 Å². The highest BCUT2D eigenvalue weighted by Gasteiger charge is 2.05. The van der Waals surface area contributed by atoms with Crippen LogP contribution >= 0.6 is 31.9 Å². The van der Waals surface area contributed by atoms with Crippen molar-refractivity contribution in [3.8, 4) is 0 Å². The first-order chi connectivity index (χ1) is 5.70. The summed E-state index contributed by atoms with van der Waals surface area (Å²) in [5.41, 5.74) is 2.49. The zero-order valence-corrected chi connectivity index (χ0v) is 10.1. The molecule has 1 aromatic rings. The molecule has 0 saturated carbocycles. The highest BCUT2D eigenvalue weighted by Crippen LogP contribution is 2.28. The lowest BCUT2D eigenvalue weighted by molar-refractivity contribution is 1.12. The van der Waals surface area contributed by atoms with Gasteiger partial charge in [-0.1, -0.05) is 51.4 Å². The Balaban J connectivity index is 3.38. The van der Waals surface area contributed by atoms with E-state index in [1.165, 1.54) is 11.1 Å². The average molecular weight is 290 g/mol. The number of benzene rings is 1. The zero-order valence-electron chi connectivity index (χ0n) is 6.90. The van der Waals surface area contributed by atoms with Crippen LogP contribution < -0.4 is 0 Å². The van der Waals surface area contributed by atoms with Crippen molar-refractivity contribution in [3.05, 3.63) is 38.8 Å². The van der Waals surface area contributed by atoms with E-state index in [4.69, 9.17) is 0 Å². The number of halogens is 2. The summed E-state index contributed by atoms with van der Waals surface area (Å²) in [6.45, 7) is 5.93. The summed E-state index contributed by atoms with van der Waals surface area (Å²) in [5.74, 6) is 0. The first-order valence-corrected chi connectivity index (χ1v) is 5.38. The molecule has 64 valence electrons. The molecular formula is C10H10Br2. The van der Waals surface area contributed by atoms with Crippen molar-refractivity contribution < 1.29 is 0 Å². The van der Waals surface area contributed by atoms with E-state index in [9.17, 15) is 0 Å². The molecule has 0 N–H and O–H groups in total. The van der Waals surface area contributed by atoms with E-state index in [0.29, 0.717) is 0 Å². The lowest BCUT2D eigenvalue weighted by atomic mass is 10.1. The fraction of sp³-hybridized carbons (Fsp3) is 0.200. The van der Waals surface area contributed by atoms with Crippen LogP contribution in [0.5, 0.6) is 0 Å². The molecule has 0 aliphatic carbocycles. The SMILES string of the molecule is C=Cc1c(Br)ccc(Br)c1CC. The van der Waals surface area contributed by atoms with Gasteiger partial charge in [-0.3, -0.25) is 0 Å². The van der Waals surface area contributed by atoms with E-state index < -0.39 is 0 Å². The zero-order chi connectivity index (χ0) is 9.14. The van der Waals surface area contributed by atoms with Gasteiger partial charge in [-0.15, -0.1) is 0 Å². The minimum atomic E-state index is 1.02. The summed E-state index contributed by atoms with van der Waals surface area (Å²) < 4.78 is 2.26. The quantitative estimate of drug-likeness (QED) is 0.756. The Morgan fingerprint density at radius 2 is 1.92 bits per heavy atom. The van der Waals surface area contributed by atoms with Gasteiger partial charge >= 0.3 is 0 Å². The summed E-state index contributed by atoms with van der Waals surface area (Å²) in [5, 5.41) is 0. The van der Waals surface area contributed by atoms with Gasteiger partial charge in [0, 0.05) is 8.95 Å². The van der Waals surface area contributed by atoms with Gasteiger partial charge in [0.15, 0.2) is 0 Å². The van der Waals surface area contributed by atoms with Gasteiger partial charge in [0.1, 0.15) is 0 Å². The van der Waals surface area contributed by atoms with Gasteiger partial charge in [-0.2, -0.15) is 0 Å². The summed E-state index contributed by atoms with van der Waals surface area (Å²) >= 11 is 7.00. The van der Waals surface area contributed by atoms with Crippen LogP contribution in [0.3, 0.4) is 0 Å². The van der Waals surface area contributed by atoms with E-state index in [-0.39, 0.29) is 0 Å². The summed E-state index contributed by atoms with van der Waals surface area (Å²) in [4.78, 5) is 0. The molecule has 0 fully saturated rings. The molecule has 0 aliphatic heterocycles. The van der Waals surface area contributed by atoms with Crippen molar-refractivity contribution in [1.82, 2.24) is 0 Å². The third-order valence-corrected chi connectivity index (χ3v) is 3.24. The van der Waals surface area contributed by atoms with E-state index in [0.717, 1.165) is 15.4 Å². The van der Waals surface area contributed by atoms with Crippen LogP contribution in [0.25, 0.3) is 6.08 Å². The summed E-state index contributed by atoms with van der Waals surface area (Å²) in [6, 6.07) is 4.08. The Hall–Kier alpha value is -0.0800. The summed E-state index contributed by atoms with van der Waals surface area (Å²) in [6.07, 6.45) is 2.90. The lowest BCUT2D eigenvalue weighted by Gasteiger charge is -2.07. The largest absolute Gasteiger partial charge is 0.0984 e. The maximum absolute atomic E-state index is 3.79. The van der Waals surface area contributed by atoms with Crippen LogP contribution in [0.4, 0.5) is 0 Å². The molecule has 0 aromatic heterocycles. The van der Waals surface area contributed by atoms with Gasteiger partial charge in [-0.05, 0) is 29.7 Å². The Morgan fingerprint density at radius 1 is 1.33 bits per heavy atom. The van der Waals surface area contributed by atoms with E-state index in [1.54, 1.807) is 0 Å². The molecule has 0 radical (unpaired) electrons. The molecule has 0 aliphatic rings. The number of hydrogen-bond donors (Lipinski definition) is 0. The highest BCUT2D eigenvalue weighted by atomic mass is 79.9. The normalized spacial score (nSPS) is 9.92. The monoisotopic (exact) mass is 288 g/mol. The molecule has 0 spiro atoms. The molecule has 0 unspecified atom stereocenters. The van der Waals surface area contributed by atoms with Crippen LogP contribution in [0, 0.1) is 0 Å². The molecule has 0 atom stereocenters. The maximum Gasteiger partial charge on any atom is 0.0251 e. The minimum absolute atomic E-state index is 1.02. The van der Waals surface area contributed by atoms with Crippen molar-refractivity contribution in [2.45, 2.75) is 13.3 Å². The Bertz CT molecular complexity index is 303. The number of hydrogen-bond acceptors (Lipinski definition) is 0. The van der Waals surface area contributed by atoms with Crippen molar-refractivity contribution in [3.63, 3.8) is 0 Å². The Morgan fingerprint density at radius 3 is 2.33 bits per heavy atom. The topological polar surface area (TPSA) is 0 Å². The third-order valence-electron chi connectivity index (χ3n) is 1.80. The lowest BCUT2D eigenvalue weighted by Crippen LogP contribution is -1.89. The Labute approximate surface area is 89.9 Å². The van der Waals surface area contributed by atoms with Gasteiger partial charge in [0.2, 0.25) is 0 Å². The van der Waals surface area contributed by atoms with Gasteiger partial charge in [-0.25, -0.2) is 0 Å². The van der Waals surface area contributed by atoms with E-state index >= 15 is 0 Å². The van der Waals surface area contributed by atoms with Crippen LogP contribution in [0.1, 0.15) is 18.1 Å². The van der Waals surface area contributed by atoms with Crippen molar-refractivity contribution >= 4 is 37.9 Å². The van der Waals surface area contributed by atoms with Crippen molar-refractivity contribution in [2.75, 3.05) is 0 Å². The molecule has 0 amide bonds. The molecule has 0 nitrogen and oxygen atoms in total. The van der Waals surface area contributed by atoms with Crippen molar-refractivity contribution in [2.24, 2.45) is 0 Å². The molecular weight excluding hydrogens is 280 g/mol. The van der Waals surface area contributed by atoms with E-state index in [1.807, 2.05) is 12.1 Å². The molecule has 2 heteroatoms. The average Bonchev–Trinajstić information content (AvgIpc) is 2.08. The fourth-order valence-electron chi connectivity index (χ4n) is 1.19. The Kier molecular flexibility index (Phi) is 3.53. The third kappa shape index (κ3) is 1.80. The molecule has 0 heterocycles. The maximum atomic E-state index is 3.79. The smallest absolute Gasteiger partial charge is 0.0251 e. The van der Waals surface area contributed by atoms with Crippen LogP contribution in [-0.2, 0) is 6.42 Å².